The molecule has 1 N–H and O–H groups in total. The molecule has 19 heavy (non-hydrogen) atoms. The van der Waals surface area contributed by atoms with E-state index in [0.717, 1.165) is 0 Å². The molecule has 0 unspecified atom stereocenters. The van der Waals surface area contributed by atoms with Crippen molar-refractivity contribution in [3.05, 3.63) is 40.3 Å². The van der Waals surface area contributed by atoms with Gasteiger partial charge < -0.3 is 14.6 Å². The summed E-state index contributed by atoms with van der Waals surface area (Å²) in [5.41, 5.74) is 8.89. The third-order valence-corrected chi connectivity index (χ3v) is 2.46. The zero-order valence-corrected chi connectivity index (χ0v) is 10.7. The summed E-state index contributed by atoms with van der Waals surface area (Å²) in [5.74, 6) is -0.143. The van der Waals surface area contributed by atoms with E-state index in [2.05, 4.69) is 10.0 Å². The average molecular weight is 265 g/mol. The number of aliphatic hydroxyl groups excluding tert-OH is 1. The zero-order chi connectivity index (χ0) is 14.3. The summed E-state index contributed by atoms with van der Waals surface area (Å²) in [4.78, 5) is 14.2. The van der Waals surface area contributed by atoms with E-state index in [1.54, 1.807) is 31.2 Å². The van der Waals surface area contributed by atoms with E-state index >= 15 is 0 Å². The highest BCUT2D eigenvalue weighted by Crippen LogP contribution is 2.23. The Morgan fingerprint density at radius 2 is 2.11 bits per heavy atom. The summed E-state index contributed by atoms with van der Waals surface area (Å²) in [6.07, 6.45) is -1.26. The molecular formula is C12H15N3O4. The van der Waals surface area contributed by atoms with Gasteiger partial charge in [0.1, 0.15) is 5.75 Å². The smallest absolute Gasteiger partial charge is 0.317 e. The van der Waals surface area contributed by atoms with Gasteiger partial charge in [-0.1, -0.05) is 17.2 Å². The van der Waals surface area contributed by atoms with Crippen LogP contribution in [0.4, 0.5) is 0 Å². The van der Waals surface area contributed by atoms with Crippen LogP contribution in [0.15, 0.2) is 29.4 Å². The van der Waals surface area contributed by atoms with E-state index in [1.807, 2.05) is 0 Å². The second-order valence-electron chi connectivity index (χ2n) is 3.62. The number of nitrogens with zero attached hydrogens (tertiary/aromatic N) is 3. The van der Waals surface area contributed by atoms with Crippen molar-refractivity contribution in [1.82, 2.24) is 0 Å². The lowest BCUT2D eigenvalue weighted by Crippen LogP contribution is -2.28. The Bertz CT molecular complexity index is 468. The van der Waals surface area contributed by atoms with Crippen molar-refractivity contribution in [3.63, 3.8) is 0 Å². The molecule has 2 atom stereocenters. The van der Waals surface area contributed by atoms with Crippen molar-refractivity contribution in [2.75, 3.05) is 13.7 Å². The number of carbonyl (C=O) groups is 1. The van der Waals surface area contributed by atoms with Gasteiger partial charge in [-0.05, 0) is 30.2 Å². The number of hydrogen-bond acceptors (Lipinski definition) is 5. The largest absolute Gasteiger partial charge is 0.497 e. The number of esters is 1. The van der Waals surface area contributed by atoms with Crippen LogP contribution in [-0.4, -0.2) is 30.8 Å². The lowest BCUT2D eigenvalue weighted by molar-refractivity contribution is -0.147. The van der Waals surface area contributed by atoms with Crippen LogP contribution in [0.1, 0.15) is 18.6 Å². The minimum Gasteiger partial charge on any atom is -0.497 e. The summed E-state index contributed by atoms with van der Waals surface area (Å²) >= 11 is 0. The first kappa shape index (κ1) is 14.8. The van der Waals surface area contributed by atoms with E-state index in [0.29, 0.717) is 11.3 Å². The molecule has 0 saturated heterocycles. The van der Waals surface area contributed by atoms with Crippen LogP contribution < -0.4 is 4.74 Å². The lowest BCUT2D eigenvalue weighted by Gasteiger charge is -2.17. The molecule has 0 fully saturated rings. The number of azide groups is 1. The second kappa shape index (κ2) is 7.25. The van der Waals surface area contributed by atoms with Crippen LogP contribution in [0.3, 0.4) is 0 Å². The van der Waals surface area contributed by atoms with E-state index in [4.69, 9.17) is 15.0 Å². The number of rotatable bonds is 6. The third-order valence-electron chi connectivity index (χ3n) is 2.46. The highest BCUT2D eigenvalue weighted by molar-refractivity contribution is 5.77. The maximum atomic E-state index is 11.6. The zero-order valence-electron chi connectivity index (χ0n) is 10.7. The molecule has 102 valence electrons. The molecule has 0 aliphatic carbocycles. The van der Waals surface area contributed by atoms with Gasteiger partial charge in [-0.3, -0.25) is 4.79 Å². The van der Waals surface area contributed by atoms with Gasteiger partial charge in [0.15, 0.2) is 6.04 Å². The molecule has 0 aliphatic heterocycles. The van der Waals surface area contributed by atoms with Gasteiger partial charge in [-0.2, -0.15) is 0 Å². The van der Waals surface area contributed by atoms with Crippen LogP contribution in [0, 0.1) is 0 Å². The van der Waals surface area contributed by atoms with Crippen LogP contribution in [0.2, 0.25) is 0 Å². The van der Waals surface area contributed by atoms with Crippen LogP contribution >= 0.6 is 0 Å². The molecule has 7 nitrogen and oxygen atoms in total. The van der Waals surface area contributed by atoms with Gasteiger partial charge in [0, 0.05) is 4.91 Å². The summed E-state index contributed by atoms with van der Waals surface area (Å²) in [5, 5.41) is 13.4. The van der Waals surface area contributed by atoms with Gasteiger partial charge >= 0.3 is 5.97 Å². The van der Waals surface area contributed by atoms with Gasteiger partial charge in [0.25, 0.3) is 0 Å². The average Bonchev–Trinajstić information content (AvgIpc) is 2.44. The Hall–Kier alpha value is -2.24. The quantitative estimate of drug-likeness (QED) is 0.367. The Balaban J connectivity index is 2.94. The normalized spacial score (nSPS) is 13.0. The van der Waals surface area contributed by atoms with E-state index in [-0.39, 0.29) is 6.61 Å². The number of aliphatic hydroxyl groups is 1. The predicted octanol–water partition coefficient (Wildman–Crippen LogP) is 1.97. The standard InChI is InChI=1S/C12H15N3O4/c1-3-19-12(17)10(14-15-13)11(16)8-4-6-9(18-2)7-5-8/h4-7,10-11,16H,3H2,1-2H3/t10-,11-/m0/s1. The van der Waals surface area contributed by atoms with Crippen molar-refractivity contribution in [3.8, 4) is 5.75 Å². The first-order valence-electron chi connectivity index (χ1n) is 5.66. The Morgan fingerprint density at radius 1 is 1.47 bits per heavy atom. The Labute approximate surface area is 110 Å². The van der Waals surface area contributed by atoms with E-state index in [1.165, 1.54) is 7.11 Å². The third kappa shape index (κ3) is 3.87. The van der Waals surface area contributed by atoms with Crippen LogP contribution in [-0.2, 0) is 9.53 Å². The first-order valence-corrected chi connectivity index (χ1v) is 5.66. The summed E-state index contributed by atoms with van der Waals surface area (Å²) in [7, 11) is 1.52. The summed E-state index contributed by atoms with van der Waals surface area (Å²) in [6, 6.07) is 5.14. The predicted molar refractivity (Wildman–Crippen MR) is 67.5 cm³/mol. The lowest BCUT2D eigenvalue weighted by atomic mass is 10.0. The van der Waals surface area contributed by atoms with E-state index < -0.39 is 18.1 Å². The molecule has 7 heteroatoms. The number of ether oxygens (including phenoxy) is 2. The van der Waals surface area contributed by atoms with Crippen molar-refractivity contribution in [2.45, 2.75) is 19.1 Å². The molecule has 0 bridgehead atoms. The van der Waals surface area contributed by atoms with E-state index in [9.17, 15) is 9.90 Å². The number of methoxy groups -OCH3 is 1. The summed E-state index contributed by atoms with van der Waals surface area (Å²) < 4.78 is 9.74. The van der Waals surface area contributed by atoms with Gasteiger partial charge in [-0.15, -0.1) is 0 Å². The molecule has 0 aromatic heterocycles. The molecule has 0 amide bonds. The Kier molecular flexibility index (Phi) is 5.66. The van der Waals surface area contributed by atoms with Crippen molar-refractivity contribution >= 4 is 5.97 Å². The van der Waals surface area contributed by atoms with Crippen LogP contribution in [0.5, 0.6) is 5.75 Å². The number of carbonyl (C=O) groups excluding carboxylic acids is 1. The molecular weight excluding hydrogens is 250 g/mol. The van der Waals surface area contributed by atoms with Gasteiger partial charge in [-0.25, -0.2) is 0 Å². The SMILES string of the molecule is CCOC(=O)[C@@H](N=[N+]=[N-])[C@@H](O)c1ccc(OC)cc1. The fourth-order valence-corrected chi connectivity index (χ4v) is 1.51. The maximum Gasteiger partial charge on any atom is 0.317 e. The molecule has 0 radical (unpaired) electrons. The molecule has 0 heterocycles. The fourth-order valence-electron chi connectivity index (χ4n) is 1.51. The van der Waals surface area contributed by atoms with Crippen LogP contribution in [0.25, 0.3) is 10.4 Å². The van der Waals surface area contributed by atoms with Crippen molar-refractivity contribution in [1.29, 1.82) is 0 Å². The second-order valence-corrected chi connectivity index (χ2v) is 3.62. The van der Waals surface area contributed by atoms with Gasteiger partial charge in [0.05, 0.1) is 19.8 Å². The van der Waals surface area contributed by atoms with Gasteiger partial charge in [0.2, 0.25) is 0 Å². The fraction of sp³-hybridized carbons (Fsp3) is 0.417. The Morgan fingerprint density at radius 3 is 2.58 bits per heavy atom. The molecule has 0 spiro atoms. The molecule has 1 aromatic rings. The highest BCUT2D eigenvalue weighted by atomic mass is 16.5. The number of benzene rings is 1. The highest BCUT2D eigenvalue weighted by Gasteiger charge is 2.28. The molecule has 0 saturated carbocycles. The number of hydrogen-bond donors (Lipinski definition) is 1. The minimum absolute atomic E-state index is 0.144. The molecule has 1 aromatic carbocycles. The first-order chi connectivity index (χ1) is 9.13. The van der Waals surface area contributed by atoms with Crippen molar-refractivity contribution in [2.24, 2.45) is 5.11 Å². The molecule has 1 rings (SSSR count). The minimum atomic E-state index is -1.31. The monoisotopic (exact) mass is 265 g/mol. The maximum absolute atomic E-state index is 11.6. The molecule has 0 aliphatic rings. The van der Waals surface area contributed by atoms with Crippen molar-refractivity contribution < 1.29 is 19.4 Å². The topological polar surface area (TPSA) is 105 Å². The summed E-state index contributed by atoms with van der Waals surface area (Å²) in [6.45, 7) is 1.77.